The van der Waals surface area contributed by atoms with Crippen LogP contribution in [0.1, 0.15) is 25.7 Å². The van der Waals surface area contributed by atoms with Crippen LogP contribution < -0.4 is 30.6 Å². The Hall–Kier alpha value is -4.23. The summed E-state index contributed by atoms with van der Waals surface area (Å²) in [5, 5.41) is 5.02. The first-order valence-corrected chi connectivity index (χ1v) is 27.3. The molecule has 1 saturated carbocycles. The summed E-state index contributed by atoms with van der Waals surface area (Å²) in [5.74, 6) is 3.57. The van der Waals surface area contributed by atoms with Gasteiger partial charge in [-0.3, -0.25) is 9.34 Å². The fraction of sp³-hybridized carbons (Fsp3) is 0.0769. The molecule has 329 valence electrons. The predicted octanol–water partition coefficient (Wildman–Crippen LogP) is 13.1. The Bertz CT molecular complexity index is 1870. The Labute approximate surface area is 411 Å². The average molecular weight is 1100 g/mol. The van der Waals surface area contributed by atoms with Gasteiger partial charge in [0.05, 0.1) is 16.1 Å². The number of nitrogens with zero attached hydrogens (tertiary/aromatic N) is 6. The summed E-state index contributed by atoms with van der Waals surface area (Å²) in [4.78, 5) is 18.5. The van der Waals surface area contributed by atoms with Crippen LogP contribution >= 0.6 is 35.5 Å². The summed E-state index contributed by atoms with van der Waals surface area (Å²) in [5.41, 5.74) is 0. The third kappa shape index (κ3) is 16.0. The summed E-state index contributed by atoms with van der Waals surface area (Å²) in [6.07, 6.45) is 21.3. The summed E-state index contributed by atoms with van der Waals surface area (Å²) >= 11 is -0.226. The van der Waals surface area contributed by atoms with Crippen molar-refractivity contribution in [3.63, 3.8) is 0 Å². The van der Waals surface area contributed by atoms with Gasteiger partial charge in [0.25, 0.3) is 0 Å². The molecule has 9 rings (SSSR count). The smallest absolute Gasteiger partial charge is 0.137 e. The Morgan fingerprint density at radius 2 is 0.531 bits per heavy atom. The number of hydrogen-bond donors (Lipinski definition) is 0. The van der Waals surface area contributed by atoms with Crippen molar-refractivity contribution >= 4 is 80.0 Å². The van der Waals surface area contributed by atoms with Gasteiger partial charge >= 0.3 is 34.5 Å². The second kappa shape index (κ2) is 30.1. The van der Waals surface area contributed by atoms with Crippen molar-refractivity contribution in [2.45, 2.75) is 25.7 Å². The van der Waals surface area contributed by atoms with Crippen LogP contribution in [0.2, 0.25) is 0 Å². The Kier molecular flexibility index (Phi) is 23.8. The Morgan fingerprint density at radius 3 is 0.719 bits per heavy atom. The molecule has 5 radical (unpaired) electrons. The first kappa shape index (κ1) is 50.8. The maximum absolute atomic E-state index is 4.83. The van der Waals surface area contributed by atoms with Gasteiger partial charge in [0.15, 0.2) is 0 Å². The topological polar surface area (TPSA) is 58.0 Å². The third-order valence-electron chi connectivity index (χ3n) is 9.20. The number of aromatic nitrogens is 4. The predicted molar refractivity (Wildman–Crippen MR) is 267 cm³/mol. The molecule has 0 N–H and O–H groups in total. The molecule has 0 unspecified atom stereocenters. The molecule has 0 bridgehead atoms. The van der Waals surface area contributed by atoms with Crippen LogP contribution in [-0.2, 0) is 34.6 Å². The second-order valence-electron chi connectivity index (χ2n) is 13.5. The number of halogens is 2. The normalized spacial score (nSPS) is 12.0. The number of hydrogen-bond acceptors (Lipinski definition) is 6. The zero-order valence-corrected chi connectivity index (χ0v) is 41.5. The van der Waals surface area contributed by atoms with E-state index in [1.165, 1.54) is 46.9 Å². The minimum absolute atomic E-state index is 0. The number of anilines is 4. The van der Waals surface area contributed by atoms with E-state index in [2.05, 4.69) is 152 Å². The molecule has 0 spiro atoms. The van der Waals surface area contributed by atoms with Crippen molar-refractivity contribution in [2.24, 2.45) is 0 Å². The largest absolute Gasteiger partial charge is 0.281 e. The molecule has 4 aromatic carbocycles. The monoisotopic (exact) mass is 1090 g/mol. The molecular formula is C52H48Cl2N6P2Rh2-. The molecule has 64 heavy (non-hydrogen) atoms. The van der Waals surface area contributed by atoms with Crippen LogP contribution in [-0.4, -0.2) is 19.9 Å². The summed E-state index contributed by atoms with van der Waals surface area (Å²) in [6, 6.07) is 66.3. The average Bonchev–Trinajstić information content (AvgIpc) is 3.35. The zero-order chi connectivity index (χ0) is 43.6. The molecule has 0 aliphatic heterocycles. The van der Waals surface area contributed by atoms with Gasteiger partial charge in [0, 0.05) is 65.5 Å². The molecule has 6 nitrogen and oxygen atoms in total. The van der Waals surface area contributed by atoms with Crippen molar-refractivity contribution in [3.8, 4) is 0 Å². The van der Waals surface area contributed by atoms with E-state index in [-0.39, 0.29) is 34.6 Å². The van der Waals surface area contributed by atoms with Gasteiger partial charge < -0.3 is 0 Å². The van der Waals surface area contributed by atoms with Crippen molar-refractivity contribution in [1.29, 1.82) is 0 Å². The quantitative estimate of drug-likeness (QED) is 0.100. The van der Waals surface area contributed by atoms with Crippen molar-refractivity contribution in [1.82, 2.24) is 19.9 Å². The SMILES string of the molecule is [CH]1[CH]CC[CH][CH]CC1.[Cl][Rh-][Cl].[Rh].c1ccc(P(c2ccccc2)N(c2ccccn2)c2ccccn2)cc1.c1ccc(P(c2ccccc2)N(c2ccccn2)c2ccccn2)cc1. The van der Waals surface area contributed by atoms with E-state index in [1.54, 1.807) is 0 Å². The van der Waals surface area contributed by atoms with Crippen molar-refractivity contribution in [3.05, 3.63) is 245 Å². The molecule has 4 heterocycles. The van der Waals surface area contributed by atoms with Crippen LogP contribution in [0, 0.1) is 25.7 Å². The number of pyridine rings is 4. The third-order valence-corrected chi connectivity index (χ3v) is 14.0. The molecule has 1 fully saturated rings. The van der Waals surface area contributed by atoms with Crippen LogP contribution in [0.15, 0.2) is 219 Å². The minimum Gasteiger partial charge on any atom is -0.281 e. The molecular weight excluding hydrogens is 1050 g/mol. The first-order chi connectivity index (χ1) is 31.3. The molecule has 1 aliphatic carbocycles. The number of benzene rings is 4. The maximum Gasteiger partial charge on any atom is 0.137 e. The molecule has 0 atom stereocenters. The second-order valence-corrected chi connectivity index (χ2v) is 20.1. The summed E-state index contributed by atoms with van der Waals surface area (Å²) in [6.45, 7) is 0. The minimum atomic E-state index is -0.859. The van der Waals surface area contributed by atoms with Gasteiger partial charge in [-0.25, -0.2) is 19.9 Å². The molecule has 12 heteroatoms. The zero-order valence-electron chi connectivity index (χ0n) is 34.9. The van der Waals surface area contributed by atoms with Crippen LogP contribution in [0.3, 0.4) is 0 Å². The first-order valence-electron chi connectivity index (χ1n) is 20.5. The van der Waals surface area contributed by atoms with Crippen LogP contribution in [0.4, 0.5) is 23.3 Å². The van der Waals surface area contributed by atoms with Gasteiger partial charge in [-0.1, -0.05) is 146 Å². The van der Waals surface area contributed by atoms with Gasteiger partial charge in [-0.05, 0) is 99.9 Å². The van der Waals surface area contributed by atoms with E-state index in [9.17, 15) is 0 Å². The van der Waals surface area contributed by atoms with Crippen LogP contribution in [0.5, 0.6) is 0 Å². The fourth-order valence-electron chi connectivity index (χ4n) is 6.45. The molecule has 4 aromatic heterocycles. The van der Waals surface area contributed by atoms with E-state index in [0.717, 1.165) is 23.3 Å². The molecule has 8 aromatic rings. The van der Waals surface area contributed by atoms with Gasteiger partial charge in [0.1, 0.15) is 23.3 Å². The maximum atomic E-state index is 4.83. The fourth-order valence-corrected chi connectivity index (χ4v) is 11.1. The molecule has 0 amide bonds. The van der Waals surface area contributed by atoms with E-state index in [4.69, 9.17) is 19.4 Å². The van der Waals surface area contributed by atoms with E-state index in [1.807, 2.05) is 122 Å². The van der Waals surface area contributed by atoms with Gasteiger partial charge in [-0.15, -0.1) is 0 Å². The van der Waals surface area contributed by atoms with Crippen molar-refractivity contribution < 1.29 is 34.6 Å². The Morgan fingerprint density at radius 1 is 0.328 bits per heavy atom. The van der Waals surface area contributed by atoms with E-state index in [0.29, 0.717) is 0 Å². The van der Waals surface area contributed by atoms with Gasteiger partial charge in [-0.2, -0.15) is 0 Å². The van der Waals surface area contributed by atoms with E-state index >= 15 is 0 Å². The van der Waals surface area contributed by atoms with Gasteiger partial charge in [0.2, 0.25) is 0 Å². The summed E-state index contributed by atoms with van der Waals surface area (Å²) < 4.78 is 4.50. The van der Waals surface area contributed by atoms with Crippen molar-refractivity contribution in [2.75, 3.05) is 9.34 Å². The van der Waals surface area contributed by atoms with E-state index < -0.39 is 16.1 Å². The van der Waals surface area contributed by atoms with Crippen LogP contribution in [0.25, 0.3) is 0 Å². The molecule has 0 saturated heterocycles. The molecule has 1 aliphatic rings. The Balaban J connectivity index is 0.000000193. The number of rotatable bonds is 10. The summed E-state index contributed by atoms with van der Waals surface area (Å²) in [7, 11) is 7.95. The standard InChI is InChI=1S/2C22H18N3P.C8H12.2ClH.2Rh/c2*1-3-11-19(12-4-1)26(20-13-5-2-6-14-20)25(21-15-7-9-17-23-21)22-16-8-10-18-24-22;1-2-4-6-8-7-5-3-1;;;;/h2*1-18H;1-2,7-8H,3-6H2;2*1H;;/q;;;;;;+1/p-2.